The van der Waals surface area contributed by atoms with Crippen LogP contribution in [0.3, 0.4) is 0 Å². The molecule has 232 valence electrons. The summed E-state index contributed by atoms with van der Waals surface area (Å²) in [4.78, 5) is 17.4. The summed E-state index contributed by atoms with van der Waals surface area (Å²) in [7, 11) is 0. The van der Waals surface area contributed by atoms with Gasteiger partial charge in [-0.25, -0.2) is 15.0 Å². The lowest BCUT2D eigenvalue weighted by molar-refractivity contribution is 0.723. The van der Waals surface area contributed by atoms with Gasteiger partial charge in [-0.1, -0.05) is 127 Å². The van der Waals surface area contributed by atoms with Gasteiger partial charge in [-0.3, -0.25) is 0 Å². The van der Waals surface area contributed by atoms with Gasteiger partial charge in [-0.2, -0.15) is 5.26 Å². The van der Waals surface area contributed by atoms with Crippen LogP contribution in [0.4, 0.5) is 0 Å². The van der Waals surface area contributed by atoms with E-state index >= 15 is 0 Å². The summed E-state index contributed by atoms with van der Waals surface area (Å²) in [5, 5.41) is 12.3. The van der Waals surface area contributed by atoms with Crippen molar-refractivity contribution in [1.82, 2.24) is 15.0 Å². The van der Waals surface area contributed by atoms with E-state index in [9.17, 15) is 5.26 Å². The van der Waals surface area contributed by atoms with E-state index < -0.39 is 5.41 Å². The smallest absolute Gasteiger partial charge is 0.164 e. The van der Waals surface area contributed by atoms with Crippen LogP contribution >= 0.6 is 11.8 Å². The molecule has 0 amide bonds. The van der Waals surface area contributed by atoms with Gasteiger partial charge in [0.05, 0.1) is 17.0 Å². The van der Waals surface area contributed by atoms with E-state index in [4.69, 9.17) is 15.0 Å². The zero-order chi connectivity index (χ0) is 33.2. The molecular weight excluding hydrogens is 629 g/mol. The zero-order valence-electron chi connectivity index (χ0n) is 26.7. The topological polar surface area (TPSA) is 62.5 Å². The highest BCUT2D eigenvalue weighted by Gasteiger charge is 2.50. The molecule has 0 saturated heterocycles. The van der Waals surface area contributed by atoms with Crippen LogP contribution in [0.1, 0.15) is 27.8 Å². The third-order valence-electron chi connectivity index (χ3n) is 9.98. The van der Waals surface area contributed by atoms with Gasteiger partial charge in [-0.05, 0) is 86.6 Å². The maximum absolute atomic E-state index is 10.1. The lowest BCUT2D eigenvalue weighted by Gasteiger charge is -2.39. The Bertz CT molecular complexity index is 2590. The normalized spacial score (nSPS) is 13.3. The Hall–Kier alpha value is -6.35. The summed E-state index contributed by atoms with van der Waals surface area (Å²) in [6.07, 6.45) is 0. The third kappa shape index (κ3) is 4.22. The second kappa shape index (κ2) is 11.1. The van der Waals surface area contributed by atoms with Gasteiger partial charge >= 0.3 is 0 Å². The van der Waals surface area contributed by atoms with Crippen LogP contribution in [0, 0.1) is 11.3 Å². The van der Waals surface area contributed by atoms with Crippen molar-refractivity contribution in [2.24, 2.45) is 0 Å². The van der Waals surface area contributed by atoms with Crippen molar-refractivity contribution >= 4 is 22.5 Å². The predicted molar refractivity (Wildman–Crippen MR) is 200 cm³/mol. The zero-order valence-corrected chi connectivity index (χ0v) is 27.5. The summed E-state index contributed by atoms with van der Waals surface area (Å²) in [6.45, 7) is 0. The molecule has 0 unspecified atom stereocenters. The molecule has 2 aliphatic rings. The minimum atomic E-state index is -0.575. The lowest BCUT2D eigenvalue weighted by Crippen LogP contribution is -2.32. The van der Waals surface area contributed by atoms with E-state index in [-0.39, 0.29) is 0 Å². The third-order valence-corrected chi connectivity index (χ3v) is 11.1. The molecule has 4 nitrogen and oxygen atoms in total. The van der Waals surface area contributed by atoms with Gasteiger partial charge in [0.15, 0.2) is 17.5 Å². The Morgan fingerprint density at radius 1 is 0.440 bits per heavy atom. The van der Waals surface area contributed by atoms with Crippen LogP contribution in [0.15, 0.2) is 168 Å². The minimum Gasteiger partial charge on any atom is -0.208 e. The van der Waals surface area contributed by atoms with Crippen molar-refractivity contribution < 1.29 is 0 Å². The lowest BCUT2D eigenvalue weighted by atomic mass is 9.67. The molecule has 0 radical (unpaired) electrons. The fraction of sp³-hybridized carbons (Fsp3) is 0.0222. The van der Waals surface area contributed by atoms with E-state index in [0.29, 0.717) is 23.0 Å². The SMILES string of the molecule is N#Cc1ccc2c(c1)C1(c3ccccc3Sc3ccccc31)c1cc3cc(-c4nc(-c5ccccc5)nc(-c5ccccc5)n4)ccc3cc1-2. The molecule has 1 spiro atoms. The molecule has 10 rings (SSSR count). The molecule has 0 N–H and O–H groups in total. The Morgan fingerprint density at radius 3 is 1.62 bits per heavy atom. The number of hydrogen-bond donors (Lipinski definition) is 0. The van der Waals surface area contributed by atoms with E-state index in [1.807, 2.05) is 78.5 Å². The molecule has 0 bridgehead atoms. The molecule has 0 saturated carbocycles. The minimum absolute atomic E-state index is 0.575. The summed E-state index contributed by atoms with van der Waals surface area (Å²) < 4.78 is 0. The Labute approximate surface area is 293 Å². The largest absolute Gasteiger partial charge is 0.208 e. The standard InChI is InChI=1S/C45H26N4S/c46-27-28-19-22-34-35-25-31-20-21-32(44-48-42(29-11-3-1-4-12-29)47-43(49-44)30-13-5-2-6-14-30)24-33(31)26-39(35)45(38(34)23-28)36-15-7-9-17-40(36)50-41-18-10-8-16-37(41)45/h1-26H. The molecule has 50 heavy (non-hydrogen) atoms. The number of hydrogen-bond acceptors (Lipinski definition) is 5. The maximum atomic E-state index is 10.1. The highest BCUT2D eigenvalue weighted by atomic mass is 32.2. The van der Waals surface area contributed by atoms with Crippen molar-refractivity contribution in [2.75, 3.05) is 0 Å². The monoisotopic (exact) mass is 654 g/mol. The molecule has 0 atom stereocenters. The van der Waals surface area contributed by atoms with Gasteiger partial charge in [0.25, 0.3) is 0 Å². The molecule has 5 heteroatoms. The van der Waals surface area contributed by atoms with Crippen LogP contribution in [0.25, 0.3) is 56.1 Å². The van der Waals surface area contributed by atoms with Gasteiger partial charge in [0, 0.05) is 26.5 Å². The average Bonchev–Trinajstić information content (AvgIpc) is 3.46. The van der Waals surface area contributed by atoms with Gasteiger partial charge in [-0.15, -0.1) is 0 Å². The Kier molecular flexibility index (Phi) is 6.36. The van der Waals surface area contributed by atoms with Crippen molar-refractivity contribution in [3.05, 3.63) is 186 Å². The second-order valence-electron chi connectivity index (χ2n) is 12.7. The summed E-state index contributed by atoms with van der Waals surface area (Å²) in [5.41, 5.74) is 10.1. The first-order valence-electron chi connectivity index (χ1n) is 16.6. The summed E-state index contributed by atoms with van der Waals surface area (Å²) in [6, 6.07) is 57.4. The van der Waals surface area contributed by atoms with Crippen LogP contribution in [0.5, 0.6) is 0 Å². The number of nitriles is 1. The summed E-state index contributed by atoms with van der Waals surface area (Å²) in [5.74, 6) is 1.90. The molecular formula is C45H26N4S. The first-order valence-corrected chi connectivity index (χ1v) is 17.4. The number of rotatable bonds is 3. The highest BCUT2D eigenvalue weighted by molar-refractivity contribution is 7.99. The Morgan fingerprint density at radius 2 is 1.00 bits per heavy atom. The Balaban J connectivity index is 1.23. The number of nitrogens with zero attached hydrogens (tertiary/aromatic N) is 4. The molecule has 7 aromatic carbocycles. The van der Waals surface area contributed by atoms with Gasteiger partial charge < -0.3 is 0 Å². The van der Waals surface area contributed by atoms with Crippen LogP contribution in [-0.4, -0.2) is 15.0 Å². The van der Waals surface area contributed by atoms with Crippen molar-refractivity contribution in [3.63, 3.8) is 0 Å². The first-order chi connectivity index (χ1) is 24.7. The van der Waals surface area contributed by atoms with Crippen molar-refractivity contribution in [3.8, 4) is 51.4 Å². The highest BCUT2D eigenvalue weighted by Crippen LogP contribution is 2.62. The van der Waals surface area contributed by atoms with Gasteiger partial charge in [0.2, 0.25) is 0 Å². The van der Waals surface area contributed by atoms with Crippen molar-refractivity contribution in [2.45, 2.75) is 15.2 Å². The van der Waals surface area contributed by atoms with E-state index in [0.717, 1.165) is 33.0 Å². The van der Waals surface area contributed by atoms with Gasteiger partial charge in [0.1, 0.15) is 0 Å². The van der Waals surface area contributed by atoms with Crippen molar-refractivity contribution in [1.29, 1.82) is 5.26 Å². The van der Waals surface area contributed by atoms with E-state index in [1.165, 1.54) is 37.6 Å². The van der Waals surface area contributed by atoms with E-state index in [2.05, 4.69) is 97.1 Å². The van der Waals surface area contributed by atoms with Crippen LogP contribution in [-0.2, 0) is 5.41 Å². The fourth-order valence-corrected chi connectivity index (χ4v) is 8.98. The van der Waals surface area contributed by atoms with Crippen LogP contribution < -0.4 is 0 Å². The molecule has 1 aromatic heterocycles. The number of aromatic nitrogens is 3. The quantitative estimate of drug-likeness (QED) is 0.190. The number of fused-ring (bicyclic) bond motifs is 10. The number of benzene rings is 7. The fourth-order valence-electron chi connectivity index (χ4n) is 7.79. The molecule has 1 aliphatic heterocycles. The molecule has 8 aromatic rings. The molecule has 1 aliphatic carbocycles. The first kappa shape index (κ1) is 28.6. The molecule has 0 fully saturated rings. The maximum Gasteiger partial charge on any atom is 0.164 e. The van der Waals surface area contributed by atoms with Crippen LogP contribution in [0.2, 0.25) is 0 Å². The second-order valence-corrected chi connectivity index (χ2v) is 13.8. The van der Waals surface area contributed by atoms with E-state index in [1.54, 1.807) is 0 Å². The summed E-state index contributed by atoms with van der Waals surface area (Å²) >= 11 is 1.82. The molecule has 2 heterocycles. The average molecular weight is 655 g/mol. The predicted octanol–water partition coefficient (Wildman–Crippen LogP) is 10.7.